The standard InChI is InChI=1S/C25H27N3O3/c1-2-15-27(25(30)26-17-21-10-5-3-6-11-21)20-24(29)28(19-23-14-9-16-31-23)18-22-12-7-4-8-13-22/h2-14,16H,1,15,17-20H2,(H,26,30). The van der Waals surface area contributed by atoms with Crippen molar-refractivity contribution in [1.82, 2.24) is 15.1 Å². The fourth-order valence-electron chi connectivity index (χ4n) is 3.15. The second kappa shape index (κ2) is 11.4. The molecule has 0 bridgehead atoms. The summed E-state index contributed by atoms with van der Waals surface area (Å²) in [5.74, 6) is 0.519. The second-order valence-corrected chi connectivity index (χ2v) is 7.13. The highest BCUT2D eigenvalue weighted by Crippen LogP contribution is 2.12. The van der Waals surface area contributed by atoms with Crippen LogP contribution in [0.2, 0.25) is 0 Å². The SMILES string of the molecule is C=CCN(CC(=O)N(Cc1ccccc1)Cc1ccco1)C(=O)NCc1ccccc1. The van der Waals surface area contributed by atoms with Crippen molar-refractivity contribution in [1.29, 1.82) is 0 Å². The molecular weight excluding hydrogens is 390 g/mol. The van der Waals surface area contributed by atoms with Crippen molar-refractivity contribution in [3.8, 4) is 0 Å². The zero-order valence-electron chi connectivity index (χ0n) is 17.4. The number of amides is 3. The van der Waals surface area contributed by atoms with Crippen LogP contribution >= 0.6 is 0 Å². The van der Waals surface area contributed by atoms with Gasteiger partial charge in [-0.25, -0.2) is 4.79 Å². The van der Waals surface area contributed by atoms with Crippen LogP contribution in [0.4, 0.5) is 4.79 Å². The first-order valence-electron chi connectivity index (χ1n) is 10.2. The first-order chi connectivity index (χ1) is 15.2. The Balaban J connectivity index is 1.67. The number of nitrogens with one attached hydrogen (secondary N) is 1. The van der Waals surface area contributed by atoms with E-state index in [1.54, 1.807) is 23.3 Å². The quantitative estimate of drug-likeness (QED) is 0.503. The van der Waals surface area contributed by atoms with Gasteiger partial charge in [-0.05, 0) is 23.3 Å². The number of carbonyl (C=O) groups excluding carboxylic acids is 2. The van der Waals surface area contributed by atoms with Crippen LogP contribution in [-0.4, -0.2) is 34.8 Å². The molecule has 0 aliphatic carbocycles. The third-order valence-electron chi connectivity index (χ3n) is 4.75. The maximum Gasteiger partial charge on any atom is 0.318 e. The van der Waals surface area contributed by atoms with Crippen LogP contribution in [-0.2, 0) is 24.4 Å². The summed E-state index contributed by atoms with van der Waals surface area (Å²) in [6.45, 7) is 5.08. The van der Waals surface area contributed by atoms with E-state index >= 15 is 0 Å². The monoisotopic (exact) mass is 417 g/mol. The first kappa shape index (κ1) is 21.9. The van der Waals surface area contributed by atoms with E-state index < -0.39 is 0 Å². The van der Waals surface area contributed by atoms with Gasteiger partial charge in [0, 0.05) is 19.6 Å². The highest BCUT2D eigenvalue weighted by Gasteiger charge is 2.21. The first-order valence-corrected chi connectivity index (χ1v) is 10.2. The highest BCUT2D eigenvalue weighted by atomic mass is 16.3. The van der Waals surface area contributed by atoms with Crippen LogP contribution in [0, 0.1) is 0 Å². The molecule has 1 heterocycles. The molecule has 1 aromatic heterocycles. The molecule has 0 saturated carbocycles. The maximum absolute atomic E-state index is 13.2. The van der Waals surface area contributed by atoms with Gasteiger partial charge in [0.2, 0.25) is 5.91 Å². The summed E-state index contributed by atoms with van der Waals surface area (Å²) < 4.78 is 5.44. The number of nitrogens with zero attached hydrogens (tertiary/aromatic N) is 2. The van der Waals surface area contributed by atoms with E-state index in [4.69, 9.17) is 4.42 Å². The van der Waals surface area contributed by atoms with Gasteiger partial charge in [-0.3, -0.25) is 4.79 Å². The molecule has 31 heavy (non-hydrogen) atoms. The van der Waals surface area contributed by atoms with Crippen LogP contribution in [0.15, 0.2) is 96.1 Å². The Bertz CT molecular complexity index is 956. The zero-order valence-corrected chi connectivity index (χ0v) is 17.4. The van der Waals surface area contributed by atoms with E-state index in [0.29, 0.717) is 25.4 Å². The van der Waals surface area contributed by atoms with Crippen molar-refractivity contribution in [2.24, 2.45) is 0 Å². The molecule has 160 valence electrons. The summed E-state index contributed by atoms with van der Waals surface area (Å²) in [5, 5.41) is 2.87. The third kappa shape index (κ3) is 6.89. The fraction of sp³-hybridized carbons (Fsp3) is 0.200. The minimum atomic E-state index is -0.310. The van der Waals surface area contributed by atoms with Crippen LogP contribution in [0.3, 0.4) is 0 Å². The largest absolute Gasteiger partial charge is 0.467 e. The topological polar surface area (TPSA) is 65.8 Å². The van der Waals surface area contributed by atoms with Gasteiger partial charge in [-0.15, -0.1) is 6.58 Å². The van der Waals surface area contributed by atoms with Crippen molar-refractivity contribution >= 4 is 11.9 Å². The Kier molecular flexibility index (Phi) is 8.05. The molecule has 1 N–H and O–H groups in total. The third-order valence-corrected chi connectivity index (χ3v) is 4.75. The van der Waals surface area contributed by atoms with Crippen molar-refractivity contribution in [2.75, 3.05) is 13.1 Å². The molecule has 3 aromatic rings. The number of rotatable bonds is 10. The van der Waals surface area contributed by atoms with E-state index in [0.717, 1.165) is 11.1 Å². The minimum Gasteiger partial charge on any atom is -0.467 e. The summed E-state index contributed by atoms with van der Waals surface area (Å²) >= 11 is 0. The van der Waals surface area contributed by atoms with Crippen molar-refractivity contribution < 1.29 is 14.0 Å². The molecule has 0 atom stereocenters. The van der Waals surface area contributed by atoms with Gasteiger partial charge in [0.05, 0.1) is 12.8 Å². The molecule has 3 rings (SSSR count). The van der Waals surface area contributed by atoms with Gasteiger partial charge in [0.1, 0.15) is 12.3 Å². The normalized spacial score (nSPS) is 10.3. The molecule has 0 saturated heterocycles. The number of hydrogen-bond donors (Lipinski definition) is 1. The van der Waals surface area contributed by atoms with Crippen LogP contribution in [0.5, 0.6) is 0 Å². The van der Waals surface area contributed by atoms with Gasteiger partial charge >= 0.3 is 6.03 Å². The lowest BCUT2D eigenvalue weighted by Gasteiger charge is -2.27. The van der Waals surface area contributed by atoms with Gasteiger partial charge in [0.15, 0.2) is 0 Å². The Labute approximate surface area is 182 Å². The lowest BCUT2D eigenvalue weighted by molar-refractivity contribution is -0.133. The fourth-order valence-corrected chi connectivity index (χ4v) is 3.15. The smallest absolute Gasteiger partial charge is 0.318 e. The number of carbonyl (C=O) groups is 2. The number of urea groups is 1. The predicted octanol–water partition coefficient (Wildman–Crippen LogP) is 4.21. The van der Waals surface area contributed by atoms with Gasteiger partial charge in [-0.1, -0.05) is 66.7 Å². The zero-order chi connectivity index (χ0) is 21.9. The van der Waals surface area contributed by atoms with E-state index in [2.05, 4.69) is 11.9 Å². The molecule has 6 heteroatoms. The summed E-state index contributed by atoms with van der Waals surface area (Å²) in [5.41, 5.74) is 2.00. The van der Waals surface area contributed by atoms with E-state index in [1.807, 2.05) is 66.7 Å². The summed E-state index contributed by atoms with van der Waals surface area (Å²) in [6, 6.07) is 22.7. The number of hydrogen-bond acceptors (Lipinski definition) is 3. The van der Waals surface area contributed by atoms with Gasteiger partial charge < -0.3 is 19.5 Å². The Morgan fingerprint density at radius 1 is 0.871 bits per heavy atom. The molecule has 0 fully saturated rings. The molecule has 0 unspecified atom stereocenters. The average molecular weight is 418 g/mol. The van der Waals surface area contributed by atoms with Crippen LogP contribution in [0.25, 0.3) is 0 Å². The molecule has 0 aliphatic rings. The Morgan fingerprint density at radius 2 is 1.55 bits per heavy atom. The molecule has 3 amide bonds. The van der Waals surface area contributed by atoms with Gasteiger partial charge in [0.25, 0.3) is 0 Å². The van der Waals surface area contributed by atoms with Crippen molar-refractivity contribution in [3.05, 3.63) is 109 Å². The average Bonchev–Trinajstić information content (AvgIpc) is 3.31. The minimum absolute atomic E-state index is 0.0554. The predicted molar refractivity (Wildman–Crippen MR) is 120 cm³/mol. The van der Waals surface area contributed by atoms with Crippen molar-refractivity contribution in [2.45, 2.75) is 19.6 Å². The summed E-state index contributed by atoms with van der Waals surface area (Å²) in [4.78, 5) is 29.0. The molecule has 2 aromatic carbocycles. The van der Waals surface area contributed by atoms with Gasteiger partial charge in [-0.2, -0.15) is 0 Å². The molecular formula is C25H27N3O3. The van der Waals surface area contributed by atoms with E-state index in [-0.39, 0.29) is 25.0 Å². The second-order valence-electron chi connectivity index (χ2n) is 7.13. The molecule has 0 radical (unpaired) electrons. The lowest BCUT2D eigenvalue weighted by atomic mass is 10.2. The van der Waals surface area contributed by atoms with Crippen LogP contribution in [0.1, 0.15) is 16.9 Å². The maximum atomic E-state index is 13.2. The summed E-state index contributed by atoms with van der Waals surface area (Å²) in [7, 11) is 0. The Hall–Kier alpha value is -3.80. The van der Waals surface area contributed by atoms with Crippen molar-refractivity contribution in [3.63, 3.8) is 0 Å². The van der Waals surface area contributed by atoms with E-state index in [9.17, 15) is 9.59 Å². The highest BCUT2D eigenvalue weighted by molar-refractivity contribution is 5.84. The Morgan fingerprint density at radius 3 is 2.16 bits per heavy atom. The molecule has 0 aliphatic heterocycles. The summed E-state index contributed by atoms with van der Waals surface area (Å²) in [6.07, 6.45) is 3.20. The number of benzene rings is 2. The van der Waals surface area contributed by atoms with E-state index in [1.165, 1.54) is 4.90 Å². The lowest BCUT2D eigenvalue weighted by Crippen LogP contribution is -2.46. The number of furan rings is 1. The molecule has 6 nitrogen and oxygen atoms in total. The molecule has 0 spiro atoms. The van der Waals surface area contributed by atoms with Crippen LogP contribution < -0.4 is 5.32 Å².